The van der Waals surface area contributed by atoms with E-state index in [1.807, 2.05) is 36.4 Å². The van der Waals surface area contributed by atoms with Crippen LogP contribution in [0.2, 0.25) is 0 Å². The van der Waals surface area contributed by atoms with Gasteiger partial charge in [-0.25, -0.2) is 4.98 Å². The van der Waals surface area contributed by atoms with Gasteiger partial charge in [0, 0.05) is 28.3 Å². The van der Waals surface area contributed by atoms with E-state index in [0.29, 0.717) is 0 Å². The lowest BCUT2D eigenvalue weighted by Crippen LogP contribution is -2.09. The normalized spacial score (nSPS) is 11.1. The number of hydrogen-bond donors (Lipinski definition) is 0. The maximum absolute atomic E-state index is 6.29. The summed E-state index contributed by atoms with van der Waals surface area (Å²) in [7, 11) is 0. The molecule has 0 bridgehead atoms. The van der Waals surface area contributed by atoms with Crippen LogP contribution in [0.15, 0.2) is 200 Å². The molecule has 0 fully saturated rings. The van der Waals surface area contributed by atoms with Crippen LogP contribution >= 0.6 is 0 Å². The molecular weight excluding hydrogens is 671 g/mol. The number of aromatic nitrogens is 2. The van der Waals surface area contributed by atoms with Crippen molar-refractivity contribution in [2.45, 2.75) is 13.8 Å². The lowest BCUT2D eigenvalue weighted by atomic mass is 9.99. The molecule has 0 atom stereocenters. The van der Waals surface area contributed by atoms with Crippen molar-refractivity contribution in [1.82, 2.24) is 9.55 Å². The first-order valence-corrected chi connectivity index (χ1v) is 18.6. The van der Waals surface area contributed by atoms with Gasteiger partial charge in [-0.3, -0.25) is 4.57 Å². The molecule has 0 aliphatic carbocycles. The van der Waals surface area contributed by atoms with E-state index >= 15 is 0 Å². The van der Waals surface area contributed by atoms with E-state index in [9.17, 15) is 0 Å². The third-order valence-electron chi connectivity index (χ3n) is 10.0. The van der Waals surface area contributed by atoms with Gasteiger partial charge < -0.3 is 9.64 Å². The van der Waals surface area contributed by atoms with Crippen molar-refractivity contribution in [1.29, 1.82) is 0 Å². The molecular formula is C51H39N3O. The standard InChI is InChI=1S/C51H39N3O/c1-36-12-26-44(27-13-36)53(45-28-14-37(2)15-29-45)46-30-34-48(35-31-46)55-47-32-24-41(25-33-47)39-18-16-38(17-19-39)40-20-22-42(23-21-40)51-52-49-10-6-7-11-50(49)54(51)43-8-4-3-5-9-43/h3-35H,1-2H3. The Labute approximate surface area is 322 Å². The average molecular weight is 710 g/mol. The minimum absolute atomic E-state index is 0.789. The molecule has 0 aliphatic heterocycles. The van der Waals surface area contributed by atoms with Crippen LogP contribution in [0.4, 0.5) is 17.1 Å². The van der Waals surface area contributed by atoms with Crippen molar-refractivity contribution in [3.05, 3.63) is 211 Å². The van der Waals surface area contributed by atoms with Gasteiger partial charge in [0.2, 0.25) is 0 Å². The van der Waals surface area contributed by atoms with Crippen LogP contribution < -0.4 is 9.64 Å². The van der Waals surface area contributed by atoms with Gasteiger partial charge in [0.1, 0.15) is 17.3 Å². The molecule has 0 N–H and O–H groups in total. The molecule has 9 rings (SSSR count). The Hall–Kier alpha value is -7.17. The number of fused-ring (bicyclic) bond motifs is 1. The van der Waals surface area contributed by atoms with Crippen LogP contribution in [-0.4, -0.2) is 9.55 Å². The predicted molar refractivity (Wildman–Crippen MR) is 228 cm³/mol. The quantitative estimate of drug-likeness (QED) is 0.149. The van der Waals surface area contributed by atoms with Crippen molar-refractivity contribution >= 4 is 28.1 Å². The van der Waals surface area contributed by atoms with E-state index in [2.05, 4.69) is 187 Å². The number of para-hydroxylation sites is 3. The fraction of sp³-hybridized carbons (Fsp3) is 0.0392. The number of imidazole rings is 1. The summed E-state index contributed by atoms with van der Waals surface area (Å²) in [4.78, 5) is 7.29. The van der Waals surface area contributed by atoms with E-state index in [1.54, 1.807) is 0 Å². The molecule has 1 heterocycles. The molecule has 264 valence electrons. The van der Waals surface area contributed by atoms with Crippen LogP contribution in [-0.2, 0) is 0 Å². The Morgan fingerprint density at radius 1 is 0.400 bits per heavy atom. The van der Waals surface area contributed by atoms with Gasteiger partial charge in [0.25, 0.3) is 0 Å². The van der Waals surface area contributed by atoms with Gasteiger partial charge in [-0.15, -0.1) is 0 Å². The maximum atomic E-state index is 6.29. The van der Waals surface area contributed by atoms with E-state index in [0.717, 1.165) is 73.4 Å². The minimum Gasteiger partial charge on any atom is -0.457 e. The highest BCUT2D eigenvalue weighted by Crippen LogP contribution is 2.37. The first-order valence-electron chi connectivity index (χ1n) is 18.6. The van der Waals surface area contributed by atoms with Crippen LogP contribution in [0, 0.1) is 13.8 Å². The summed E-state index contributed by atoms with van der Waals surface area (Å²) in [5, 5.41) is 0. The van der Waals surface area contributed by atoms with E-state index < -0.39 is 0 Å². The molecule has 4 heteroatoms. The third-order valence-corrected chi connectivity index (χ3v) is 10.0. The van der Waals surface area contributed by atoms with Gasteiger partial charge in [-0.1, -0.05) is 126 Å². The molecule has 0 saturated carbocycles. The second kappa shape index (κ2) is 14.7. The third kappa shape index (κ3) is 7.01. The van der Waals surface area contributed by atoms with Crippen molar-refractivity contribution in [2.75, 3.05) is 4.90 Å². The highest BCUT2D eigenvalue weighted by atomic mass is 16.5. The van der Waals surface area contributed by atoms with Crippen molar-refractivity contribution < 1.29 is 4.74 Å². The van der Waals surface area contributed by atoms with Crippen molar-refractivity contribution in [3.63, 3.8) is 0 Å². The van der Waals surface area contributed by atoms with Crippen LogP contribution in [0.1, 0.15) is 11.1 Å². The predicted octanol–water partition coefficient (Wildman–Crippen LogP) is 13.9. The zero-order valence-electron chi connectivity index (χ0n) is 30.8. The van der Waals surface area contributed by atoms with Crippen molar-refractivity contribution in [3.8, 4) is 50.8 Å². The molecule has 0 amide bonds. The summed E-state index contributed by atoms with van der Waals surface area (Å²) in [6.07, 6.45) is 0. The fourth-order valence-electron chi connectivity index (χ4n) is 7.07. The number of hydrogen-bond acceptors (Lipinski definition) is 3. The lowest BCUT2D eigenvalue weighted by molar-refractivity contribution is 0.483. The first kappa shape index (κ1) is 33.7. The topological polar surface area (TPSA) is 30.3 Å². The Kier molecular flexibility index (Phi) is 8.99. The molecule has 4 nitrogen and oxygen atoms in total. The van der Waals surface area contributed by atoms with Crippen LogP contribution in [0.3, 0.4) is 0 Å². The maximum Gasteiger partial charge on any atom is 0.145 e. The Morgan fingerprint density at radius 2 is 0.800 bits per heavy atom. The number of aryl methyl sites for hydroxylation is 2. The number of anilines is 3. The Balaban J connectivity index is 0.892. The van der Waals surface area contributed by atoms with Crippen molar-refractivity contribution in [2.24, 2.45) is 0 Å². The molecule has 0 unspecified atom stereocenters. The van der Waals surface area contributed by atoms with Gasteiger partial charge >= 0.3 is 0 Å². The first-order chi connectivity index (χ1) is 27.1. The van der Waals surface area contributed by atoms with E-state index in [4.69, 9.17) is 9.72 Å². The number of ether oxygens (including phenoxy) is 1. The summed E-state index contributed by atoms with van der Waals surface area (Å²) in [6, 6.07) is 70.0. The summed E-state index contributed by atoms with van der Waals surface area (Å²) < 4.78 is 8.53. The summed E-state index contributed by atoms with van der Waals surface area (Å²) in [5.41, 5.74) is 14.6. The zero-order chi connectivity index (χ0) is 37.1. The largest absolute Gasteiger partial charge is 0.457 e. The Bertz CT molecular complexity index is 2630. The van der Waals surface area contributed by atoms with Gasteiger partial charge in [-0.2, -0.15) is 0 Å². The van der Waals surface area contributed by atoms with E-state index in [-0.39, 0.29) is 0 Å². The summed E-state index contributed by atoms with van der Waals surface area (Å²) in [6.45, 7) is 4.22. The SMILES string of the molecule is Cc1ccc(N(c2ccc(C)cc2)c2ccc(Oc3ccc(-c4ccc(-c5ccc(-c6nc7ccccc7n6-c6ccccc6)cc5)cc4)cc3)cc2)cc1. The Morgan fingerprint density at radius 3 is 1.31 bits per heavy atom. The molecule has 9 aromatic rings. The van der Waals surface area contributed by atoms with Gasteiger partial charge in [0.15, 0.2) is 0 Å². The summed E-state index contributed by atoms with van der Waals surface area (Å²) in [5.74, 6) is 2.52. The molecule has 0 aliphatic rings. The summed E-state index contributed by atoms with van der Waals surface area (Å²) >= 11 is 0. The second-order valence-electron chi connectivity index (χ2n) is 13.9. The number of benzene rings is 8. The zero-order valence-corrected chi connectivity index (χ0v) is 30.8. The average Bonchev–Trinajstić information content (AvgIpc) is 3.64. The highest BCUT2D eigenvalue weighted by molar-refractivity contribution is 5.84. The second-order valence-corrected chi connectivity index (χ2v) is 13.9. The monoisotopic (exact) mass is 709 g/mol. The lowest BCUT2D eigenvalue weighted by Gasteiger charge is -2.26. The van der Waals surface area contributed by atoms with Crippen LogP contribution in [0.25, 0.3) is 50.4 Å². The number of nitrogens with zero attached hydrogens (tertiary/aromatic N) is 3. The smallest absolute Gasteiger partial charge is 0.145 e. The molecule has 0 spiro atoms. The van der Waals surface area contributed by atoms with Gasteiger partial charge in [0.05, 0.1) is 11.0 Å². The van der Waals surface area contributed by atoms with Crippen LogP contribution in [0.5, 0.6) is 11.5 Å². The molecule has 0 saturated heterocycles. The fourth-order valence-corrected chi connectivity index (χ4v) is 7.07. The highest BCUT2D eigenvalue weighted by Gasteiger charge is 2.15. The molecule has 1 aromatic heterocycles. The van der Waals surface area contributed by atoms with Gasteiger partial charge in [-0.05, 0) is 121 Å². The molecule has 8 aromatic carbocycles. The van der Waals surface area contributed by atoms with E-state index in [1.165, 1.54) is 16.7 Å². The number of rotatable bonds is 9. The minimum atomic E-state index is 0.789. The molecule has 0 radical (unpaired) electrons. The molecule has 55 heavy (non-hydrogen) atoms.